The van der Waals surface area contributed by atoms with E-state index in [2.05, 4.69) is 17.1 Å². The third-order valence-corrected chi connectivity index (χ3v) is 7.08. The molecule has 51 heavy (non-hydrogen) atoms. The molecular weight excluding hydrogens is 683 g/mol. The fourth-order valence-corrected chi connectivity index (χ4v) is 4.66. The molecule has 0 spiro atoms. The minimum Gasteiger partial charge on any atom is -1.00 e. The van der Waals surface area contributed by atoms with E-state index < -0.39 is 7.12 Å². The summed E-state index contributed by atoms with van der Waals surface area (Å²) in [5.74, 6) is 1.47. The first kappa shape index (κ1) is 57.4. The van der Waals surface area contributed by atoms with E-state index in [9.17, 15) is 4.79 Å². The van der Waals surface area contributed by atoms with Gasteiger partial charge in [-0.2, -0.15) is 18.9 Å². The first-order valence-corrected chi connectivity index (χ1v) is 17.2. The maximum atomic E-state index is 9.99. The van der Waals surface area contributed by atoms with Crippen molar-refractivity contribution in [3.05, 3.63) is 72.6 Å². The summed E-state index contributed by atoms with van der Waals surface area (Å²) in [5.41, 5.74) is -0.0258. The van der Waals surface area contributed by atoms with Gasteiger partial charge >= 0.3 is 44.8 Å². The van der Waals surface area contributed by atoms with E-state index in [4.69, 9.17) is 49.4 Å². The van der Waals surface area contributed by atoms with Crippen LogP contribution in [0.4, 0.5) is 0 Å². The average molecular weight is 738 g/mol. The monoisotopic (exact) mass is 737 g/mol. The first-order valence-electron chi connectivity index (χ1n) is 16.7. The van der Waals surface area contributed by atoms with Crippen molar-refractivity contribution in [3.63, 3.8) is 0 Å². The van der Waals surface area contributed by atoms with Crippen LogP contribution in [0.25, 0.3) is 0 Å². The fraction of sp³-hybridized carbons (Fsp3) is 0.600. The van der Waals surface area contributed by atoms with Crippen LogP contribution in [-0.2, 0) is 18.9 Å². The molecule has 2 aliphatic rings. The number of alkyl halides is 1. The molecule has 2 N–H and O–H groups in total. The van der Waals surface area contributed by atoms with Crippen LogP contribution in [0, 0.1) is 12.7 Å². The van der Waals surface area contributed by atoms with Crippen molar-refractivity contribution >= 4 is 49.5 Å². The predicted octanol–water partition coefficient (Wildman–Crippen LogP) is -1.27. The molecule has 2 fully saturated rings. The van der Waals surface area contributed by atoms with E-state index in [0.29, 0.717) is 43.9 Å². The van der Waals surface area contributed by atoms with Crippen LogP contribution in [0.15, 0.2) is 55.9 Å². The number of hydrogen-bond acceptors (Lipinski definition) is 10. The largest absolute Gasteiger partial charge is 1.00 e. The van der Waals surface area contributed by atoms with E-state index in [0.717, 1.165) is 5.76 Å². The predicted molar refractivity (Wildman–Crippen MR) is 189 cm³/mol. The molecule has 0 amide bonds. The summed E-state index contributed by atoms with van der Waals surface area (Å²) in [6.45, 7) is 10.1. The normalized spacial score (nSPS) is 13.3. The molecule has 3 aromatic rings. The smallest absolute Gasteiger partial charge is 1.00 e. The van der Waals surface area contributed by atoms with E-state index in [1.165, 1.54) is 76.3 Å². The molecule has 278 valence electrons. The van der Waals surface area contributed by atoms with Gasteiger partial charge in [-0.15, -0.1) is 17.7 Å². The van der Waals surface area contributed by atoms with Gasteiger partial charge in [-0.3, -0.25) is 4.79 Å². The second kappa shape index (κ2) is 39.4. The van der Waals surface area contributed by atoms with Crippen molar-refractivity contribution in [1.82, 2.24) is 0 Å². The van der Waals surface area contributed by atoms with Gasteiger partial charge in [0.2, 0.25) is 6.29 Å². The molecule has 2 saturated carbocycles. The van der Waals surface area contributed by atoms with Crippen LogP contribution in [0.1, 0.15) is 128 Å². The number of halogens is 2. The van der Waals surface area contributed by atoms with E-state index in [-0.39, 0.29) is 94.4 Å². The van der Waals surface area contributed by atoms with Gasteiger partial charge in [-0.25, -0.2) is 0 Å². The molecule has 3 aromatic heterocycles. The Morgan fingerprint density at radius 2 is 1.41 bits per heavy atom. The summed E-state index contributed by atoms with van der Waals surface area (Å²) in [7, 11) is -1.64. The van der Waals surface area contributed by atoms with Crippen molar-refractivity contribution in [1.29, 1.82) is 0 Å². The zero-order valence-corrected chi connectivity index (χ0v) is 33.3. The Balaban J connectivity index is -0.000000176. The van der Waals surface area contributed by atoms with E-state index in [1.54, 1.807) is 18.4 Å². The van der Waals surface area contributed by atoms with Gasteiger partial charge in [-0.05, 0) is 76.8 Å². The molecule has 0 atom stereocenters. The van der Waals surface area contributed by atoms with Gasteiger partial charge in [0.1, 0.15) is 5.66 Å². The molecule has 0 unspecified atom stereocenters. The van der Waals surface area contributed by atoms with Gasteiger partial charge in [-0.1, -0.05) is 38.5 Å². The number of carbonyl (C=O) groups is 1. The number of carbonyl (C=O) groups excluding carboxylic acids is 1. The molecule has 0 aromatic carbocycles. The van der Waals surface area contributed by atoms with Crippen LogP contribution < -0.4 is 55.8 Å². The third kappa shape index (κ3) is 28.8. The Hall–Kier alpha value is -0.293. The molecule has 2 radical (unpaired) electrons. The van der Waals surface area contributed by atoms with Gasteiger partial charge in [0.05, 0.1) is 6.26 Å². The van der Waals surface area contributed by atoms with Gasteiger partial charge in [0.25, 0.3) is 0 Å². The van der Waals surface area contributed by atoms with Crippen molar-refractivity contribution in [2.75, 3.05) is 26.4 Å². The topological polar surface area (TPSA) is 134 Å². The van der Waals surface area contributed by atoms with Gasteiger partial charge < -0.3 is 81.4 Å². The van der Waals surface area contributed by atoms with Crippen LogP contribution >= 0.6 is 11.6 Å². The second-order valence-electron chi connectivity index (χ2n) is 10.3. The van der Waals surface area contributed by atoms with Crippen molar-refractivity contribution in [3.8, 4) is 0 Å². The van der Waals surface area contributed by atoms with Crippen LogP contribution in [-0.4, -0.2) is 74.1 Å². The van der Waals surface area contributed by atoms with E-state index in [1.807, 2.05) is 39.8 Å². The van der Waals surface area contributed by atoms with Gasteiger partial charge in [0, 0.05) is 31.8 Å². The third-order valence-electron chi connectivity index (χ3n) is 6.64. The molecular formula is C35H55BCl2Li3O10-3. The Morgan fingerprint density at radius 3 is 1.71 bits per heavy atom. The Labute approximate surface area is 354 Å². The molecule has 0 saturated heterocycles. The maximum absolute atomic E-state index is 9.99. The SMILES string of the molecule is CCOC(OCC)c1cc[c-]o1.CCOC(OCC)c1ccco1.ClC1CCCCC1.O=Cc1ccc(B(O)O)o1.[CH-]1CCCCC1.[Cl-].[H-].[Li+].[Li+].[Li-]. The van der Waals surface area contributed by atoms with Crippen LogP contribution in [0.3, 0.4) is 0 Å². The molecule has 16 heteroatoms. The van der Waals surface area contributed by atoms with Crippen molar-refractivity contribution in [2.45, 2.75) is 110 Å². The summed E-state index contributed by atoms with van der Waals surface area (Å²) in [4.78, 5) is 9.99. The summed E-state index contributed by atoms with van der Waals surface area (Å²) >= 11 is 5.82. The zero-order chi connectivity index (χ0) is 34.5. The summed E-state index contributed by atoms with van der Waals surface area (Å²) in [5, 5.41) is 17.5. The quantitative estimate of drug-likeness (QED) is 0.0763. The molecule has 0 bridgehead atoms. The summed E-state index contributed by atoms with van der Waals surface area (Å²) in [6.07, 6.45) is 20.1. The van der Waals surface area contributed by atoms with Crippen LogP contribution in [0.5, 0.6) is 0 Å². The Morgan fingerprint density at radius 1 is 0.882 bits per heavy atom. The maximum Gasteiger partial charge on any atom is 1.00 e. The van der Waals surface area contributed by atoms with Crippen LogP contribution in [0.2, 0.25) is 0 Å². The second-order valence-corrected chi connectivity index (χ2v) is 11.0. The molecule has 2 aliphatic carbocycles. The first-order chi connectivity index (χ1) is 22.9. The van der Waals surface area contributed by atoms with Crippen molar-refractivity contribution < 1.29 is 98.6 Å². The number of hydrogen-bond donors (Lipinski definition) is 2. The average Bonchev–Trinajstić information content (AvgIpc) is 3.91. The number of ether oxygens (including phenoxy) is 4. The summed E-state index contributed by atoms with van der Waals surface area (Å²) in [6, 6.07) is 9.84. The minimum absolute atomic E-state index is 0. The summed E-state index contributed by atoms with van der Waals surface area (Å²) < 4.78 is 36.0. The molecule has 5 rings (SSSR count). The van der Waals surface area contributed by atoms with Gasteiger partial charge in [0.15, 0.2) is 24.1 Å². The molecule has 10 nitrogen and oxygen atoms in total. The Bertz CT molecular complexity index is 1020. The molecule has 0 aliphatic heterocycles. The minimum atomic E-state index is -1.64. The molecule has 3 heterocycles. The van der Waals surface area contributed by atoms with E-state index >= 15 is 0 Å². The Kier molecular flexibility index (Phi) is 44.4. The van der Waals surface area contributed by atoms with Crippen molar-refractivity contribution in [2.24, 2.45) is 0 Å². The standard InChI is InChI=1S/C9H14O3.C9H13O3.C6H11Cl.C6H11.C5H5BO4.ClH.3Li.H/c2*1-3-10-9(11-4-2)8-6-5-7-12-8;7-6-4-2-1-3-5-6;1-2-4-6-5-3-1;7-3-4-1-2-5(10-4)6(8)9;;;;;/h5-7,9H,3-4H2,1-2H3;5-6,9H,3-4H2,1-2H3;6H,1-5H2;1H,2-6H2;1-3,8-9H;1H;;;;/q;-1;;-1;;;-1;2*+1;-1/p-1. The number of aldehydes is 1. The zero-order valence-electron chi connectivity index (χ0n) is 32.8. The fourth-order valence-electron chi connectivity index (χ4n) is 4.36. The number of furan rings is 3. The number of rotatable bonds is 12.